The van der Waals surface area contributed by atoms with Crippen LogP contribution in [0.1, 0.15) is 53.9 Å². The van der Waals surface area contributed by atoms with Crippen molar-refractivity contribution in [3.05, 3.63) is 11.6 Å². The first-order valence-corrected chi connectivity index (χ1v) is 8.77. The van der Waals surface area contributed by atoms with Gasteiger partial charge in [0.1, 0.15) is 0 Å². The Hall–Kier alpha value is -1.65. The van der Waals surface area contributed by atoms with E-state index in [4.69, 9.17) is 9.47 Å². The average Bonchev–Trinajstić information content (AvgIpc) is 2.81. The summed E-state index contributed by atoms with van der Waals surface area (Å²) in [4.78, 5) is 37.0. The van der Waals surface area contributed by atoms with Gasteiger partial charge in [0.05, 0.1) is 25.6 Å². The van der Waals surface area contributed by atoms with Crippen LogP contribution in [-0.4, -0.2) is 30.9 Å². The number of fused-ring (bicyclic) bond motifs is 2. The molecule has 0 saturated heterocycles. The summed E-state index contributed by atoms with van der Waals surface area (Å²) in [7, 11) is 0. The summed E-state index contributed by atoms with van der Waals surface area (Å²) >= 11 is 0. The monoisotopic (exact) mass is 336 g/mol. The summed E-state index contributed by atoms with van der Waals surface area (Å²) in [6, 6.07) is 0. The fourth-order valence-electron chi connectivity index (χ4n) is 4.20. The SMILES string of the molecule is CCOC(=O)C[C@@H](/C=C1/C(=O)[C@]2(C)CC[C@H]1C2(C)C)C(=O)OCC. The summed E-state index contributed by atoms with van der Waals surface area (Å²) in [6.45, 7) is 10.2. The minimum atomic E-state index is -0.762. The zero-order valence-corrected chi connectivity index (χ0v) is 15.3. The van der Waals surface area contributed by atoms with Crippen molar-refractivity contribution in [1.29, 1.82) is 0 Å². The van der Waals surface area contributed by atoms with E-state index in [1.54, 1.807) is 19.9 Å². The molecule has 0 N–H and O–H groups in total. The summed E-state index contributed by atoms with van der Waals surface area (Å²) in [5.74, 6) is -1.44. The van der Waals surface area contributed by atoms with Gasteiger partial charge in [-0.05, 0) is 43.6 Å². The van der Waals surface area contributed by atoms with Crippen LogP contribution in [0, 0.1) is 22.7 Å². The molecule has 2 saturated carbocycles. The average molecular weight is 336 g/mol. The fourth-order valence-corrected chi connectivity index (χ4v) is 4.20. The molecule has 0 aromatic rings. The molecule has 0 aromatic carbocycles. The second-order valence-corrected chi connectivity index (χ2v) is 7.46. The molecular formula is C19H28O5. The molecule has 2 aliphatic rings. The summed E-state index contributed by atoms with van der Waals surface area (Å²) < 4.78 is 10.0. The van der Waals surface area contributed by atoms with Crippen LogP contribution < -0.4 is 0 Å². The van der Waals surface area contributed by atoms with Crippen LogP contribution in [0.4, 0.5) is 0 Å². The molecule has 24 heavy (non-hydrogen) atoms. The van der Waals surface area contributed by atoms with Crippen molar-refractivity contribution in [3.8, 4) is 0 Å². The zero-order chi connectivity index (χ0) is 18.1. The molecule has 2 bridgehead atoms. The molecule has 0 radical (unpaired) electrons. The van der Waals surface area contributed by atoms with E-state index in [-0.39, 0.29) is 42.2 Å². The van der Waals surface area contributed by atoms with Crippen molar-refractivity contribution in [2.75, 3.05) is 13.2 Å². The summed E-state index contributed by atoms with van der Waals surface area (Å²) in [5.41, 5.74) is 0.183. The largest absolute Gasteiger partial charge is 0.466 e. The maximum absolute atomic E-state index is 12.9. The third-order valence-corrected chi connectivity index (χ3v) is 6.03. The topological polar surface area (TPSA) is 69.7 Å². The van der Waals surface area contributed by atoms with E-state index in [0.717, 1.165) is 12.8 Å². The van der Waals surface area contributed by atoms with Gasteiger partial charge in [-0.2, -0.15) is 0 Å². The lowest BCUT2D eigenvalue weighted by Crippen LogP contribution is -2.32. The second kappa shape index (κ2) is 6.69. The third kappa shape index (κ3) is 2.89. The van der Waals surface area contributed by atoms with Crippen molar-refractivity contribution in [2.45, 2.75) is 53.9 Å². The fraction of sp³-hybridized carbons (Fsp3) is 0.737. The molecule has 0 amide bonds. The quantitative estimate of drug-likeness (QED) is 0.551. The standard InChI is InChI=1S/C19H28O5/c1-6-23-15(20)11-12(17(22)24-7-2)10-13-14-8-9-19(5,16(13)21)18(14,3)4/h10,12,14H,6-9,11H2,1-5H3/b13-10+/t12-,14-,19+/m1/s1. The molecule has 2 rings (SSSR count). The molecule has 5 nitrogen and oxygen atoms in total. The van der Waals surface area contributed by atoms with Crippen molar-refractivity contribution in [1.82, 2.24) is 0 Å². The van der Waals surface area contributed by atoms with Gasteiger partial charge in [0.15, 0.2) is 5.78 Å². The van der Waals surface area contributed by atoms with E-state index >= 15 is 0 Å². The minimum Gasteiger partial charge on any atom is -0.466 e. The van der Waals surface area contributed by atoms with Crippen LogP contribution in [0.5, 0.6) is 0 Å². The Labute approximate surface area is 143 Å². The number of ketones is 1. The van der Waals surface area contributed by atoms with E-state index in [2.05, 4.69) is 13.8 Å². The van der Waals surface area contributed by atoms with Gasteiger partial charge in [-0.1, -0.05) is 26.8 Å². The summed E-state index contributed by atoms with van der Waals surface area (Å²) in [5, 5.41) is 0. The number of carbonyl (C=O) groups excluding carboxylic acids is 3. The van der Waals surface area contributed by atoms with E-state index in [9.17, 15) is 14.4 Å². The van der Waals surface area contributed by atoms with Gasteiger partial charge in [0.25, 0.3) is 0 Å². The van der Waals surface area contributed by atoms with Gasteiger partial charge in [-0.25, -0.2) is 0 Å². The number of hydrogen-bond donors (Lipinski definition) is 0. The maximum Gasteiger partial charge on any atom is 0.313 e. The molecular weight excluding hydrogens is 308 g/mol. The molecule has 0 aromatic heterocycles. The molecule has 5 heteroatoms. The van der Waals surface area contributed by atoms with Crippen LogP contribution in [0.3, 0.4) is 0 Å². The molecule has 134 valence electrons. The number of hydrogen-bond acceptors (Lipinski definition) is 5. The van der Waals surface area contributed by atoms with E-state index in [1.807, 2.05) is 6.92 Å². The van der Waals surface area contributed by atoms with Crippen molar-refractivity contribution < 1.29 is 23.9 Å². The first kappa shape index (κ1) is 18.7. The van der Waals surface area contributed by atoms with Crippen LogP contribution >= 0.6 is 0 Å². The van der Waals surface area contributed by atoms with E-state index < -0.39 is 17.9 Å². The number of allylic oxidation sites excluding steroid dienone is 1. The second-order valence-electron chi connectivity index (χ2n) is 7.46. The smallest absolute Gasteiger partial charge is 0.313 e. The molecule has 3 atom stereocenters. The van der Waals surface area contributed by atoms with Crippen LogP contribution in [-0.2, 0) is 23.9 Å². The molecule has 0 aliphatic heterocycles. The Morgan fingerprint density at radius 3 is 2.33 bits per heavy atom. The normalized spacial score (nSPS) is 30.5. The molecule has 0 spiro atoms. The van der Waals surface area contributed by atoms with Crippen LogP contribution in [0.15, 0.2) is 11.6 Å². The highest BCUT2D eigenvalue weighted by atomic mass is 16.5. The lowest BCUT2D eigenvalue weighted by atomic mass is 9.70. The Balaban J connectivity index is 2.31. The van der Waals surface area contributed by atoms with E-state index in [0.29, 0.717) is 5.57 Å². The highest BCUT2D eigenvalue weighted by molar-refractivity contribution is 6.05. The highest BCUT2D eigenvalue weighted by Gasteiger charge is 2.64. The Morgan fingerprint density at radius 1 is 1.21 bits per heavy atom. The zero-order valence-electron chi connectivity index (χ0n) is 15.3. The predicted molar refractivity (Wildman–Crippen MR) is 89.1 cm³/mol. The van der Waals surface area contributed by atoms with Gasteiger partial charge in [-0.3, -0.25) is 14.4 Å². The van der Waals surface area contributed by atoms with E-state index in [1.165, 1.54) is 0 Å². The first-order valence-electron chi connectivity index (χ1n) is 8.77. The molecule has 0 unspecified atom stereocenters. The molecule has 2 fully saturated rings. The van der Waals surface area contributed by atoms with Gasteiger partial charge < -0.3 is 9.47 Å². The Morgan fingerprint density at radius 2 is 1.83 bits per heavy atom. The van der Waals surface area contributed by atoms with Gasteiger partial charge >= 0.3 is 11.9 Å². The number of Topliss-reactive ketones (excluding diaryl/α,β-unsaturated/α-hetero) is 1. The Bertz CT molecular complexity index is 574. The number of rotatable bonds is 6. The number of ether oxygens (including phenoxy) is 2. The Kier molecular flexibility index (Phi) is 5.21. The lowest BCUT2D eigenvalue weighted by molar-refractivity contribution is -0.153. The van der Waals surface area contributed by atoms with Crippen LogP contribution in [0.25, 0.3) is 0 Å². The minimum absolute atomic E-state index is 0.0900. The van der Waals surface area contributed by atoms with Crippen molar-refractivity contribution >= 4 is 17.7 Å². The molecule has 2 aliphatic carbocycles. The van der Waals surface area contributed by atoms with Gasteiger partial charge in [0, 0.05) is 5.41 Å². The first-order chi connectivity index (χ1) is 11.2. The predicted octanol–water partition coefficient (Wildman–Crippen LogP) is 3.07. The highest BCUT2D eigenvalue weighted by Crippen LogP contribution is 2.65. The number of carbonyl (C=O) groups is 3. The van der Waals surface area contributed by atoms with Crippen LogP contribution in [0.2, 0.25) is 0 Å². The van der Waals surface area contributed by atoms with Crippen molar-refractivity contribution in [2.24, 2.45) is 22.7 Å². The third-order valence-electron chi connectivity index (χ3n) is 6.03. The lowest BCUT2D eigenvalue weighted by Gasteiger charge is -2.31. The molecule has 0 heterocycles. The van der Waals surface area contributed by atoms with Crippen molar-refractivity contribution in [3.63, 3.8) is 0 Å². The van der Waals surface area contributed by atoms with Gasteiger partial charge in [0.2, 0.25) is 0 Å². The summed E-state index contributed by atoms with van der Waals surface area (Å²) in [6.07, 6.45) is 3.40. The maximum atomic E-state index is 12.9. The van der Waals surface area contributed by atoms with Gasteiger partial charge in [-0.15, -0.1) is 0 Å². The number of esters is 2.